The molecule has 0 unspecified atom stereocenters. The van der Waals surface area contributed by atoms with Gasteiger partial charge in [0.2, 0.25) is 5.91 Å². The van der Waals surface area contributed by atoms with E-state index in [-0.39, 0.29) is 11.3 Å². The fourth-order valence-corrected chi connectivity index (χ4v) is 3.11. The average molecular weight is 363 g/mol. The van der Waals surface area contributed by atoms with Gasteiger partial charge in [0, 0.05) is 29.1 Å². The van der Waals surface area contributed by atoms with Crippen molar-refractivity contribution >= 4 is 22.7 Å². The smallest absolute Gasteiger partial charge is 0.251 e. The molecule has 0 aliphatic rings. The normalized spacial score (nSPS) is 12.7. The molecule has 3 rings (SSSR count). The van der Waals surface area contributed by atoms with Gasteiger partial charge >= 0.3 is 0 Å². The van der Waals surface area contributed by atoms with Crippen LogP contribution in [0.15, 0.2) is 54.7 Å². The highest BCUT2D eigenvalue weighted by Crippen LogP contribution is 2.22. The molecule has 2 aromatic carbocycles. The van der Waals surface area contributed by atoms with Crippen molar-refractivity contribution in [3.63, 3.8) is 0 Å². The highest BCUT2D eigenvalue weighted by atomic mass is 16.2. The molecule has 0 saturated heterocycles. The van der Waals surface area contributed by atoms with E-state index in [0.717, 1.165) is 22.0 Å². The molecule has 0 aliphatic carbocycles. The van der Waals surface area contributed by atoms with Crippen molar-refractivity contribution < 1.29 is 9.59 Å². The lowest BCUT2D eigenvalue weighted by Crippen LogP contribution is -2.45. The Labute approximate surface area is 159 Å². The van der Waals surface area contributed by atoms with Gasteiger partial charge in [-0.3, -0.25) is 9.59 Å². The Hall–Kier alpha value is -3.08. The zero-order valence-corrected chi connectivity index (χ0v) is 15.9. The van der Waals surface area contributed by atoms with Crippen molar-refractivity contribution in [1.29, 1.82) is 0 Å². The monoisotopic (exact) mass is 363 g/mol. The maximum Gasteiger partial charge on any atom is 0.251 e. The third kappa shape index (κ3) is 4.19. The molecule has 140 valence electrons. The van der Waals surface area contributed by atoms with E-state index in [1.807, 2.05) is 42.6 Å². The first-order valence-electron chi connectivity index (χ1n) is 9.01. The number of aromatic amines is 1. The first-order chi connectivity index (χ1) is 12.8. The first kappa shape index (κ1) is 18.7. The summed E-state index contributed by atoms with van der Waals surface area (Å²) in [6, 6.07) is 14.5. The minimum absolute atomic E-state index is 0.0140. The minimum atomic E-state index is -0.779. The number of fused-ring (bicyclic) bond motifs is 1. The lowest BCUT2D eigenvalue weighted by Gasteiger charge is -2.19. The largest absolute Gasteiger partial charge is 0.368 e. The molecule has 1 heterocycles. The Morgan fingerprint density at radius 1 is 1.07 bits per heavy atom. The molecular formula is C22H25N3O2. The zero-order chi connectivity index (χ0) is 19.6. The van der Waals surface area contributed by atoms with E-state index < -0.39 is 11.9 Å². The predicted molar refractivity (Wildman–Crippen MR) is 108 cm³/mol. The van der Waals surface area contributed by atoms with Crippen molar-refractivity contribution in [3.05, 3.63) is 71.4 Å². The van der Waals surface area contributed by atoms with Crippen LogP contribution in [0.5, 0.6) is 0 Å². The van der Waals surface area contributed by atoms with Gasteiger partial charge in [0.15, 0.2) is 0 Å². The fraction of sp³-hybridized carbons (Fsp3) is 0.273. The number of para-hydroxylation sites is 1. The number of hydrogen-bond donors (Lipinski definition) is 3. The Kier molecular flexibility index (Phi) is 5.04. The number of carbonyl (C=O) groups is 2. The van der Waals surface area contributed by atoms with Gasteiger partial charge in [0.1, 0.15) is 6.04 Å². The van der Waals surface area contributed by atoms with E-state index in [1.54, 1.807) is 12.1 Å². The van der Waals surface area contributed by atoms with Crippen molar-refractivity contribution in [2.45, 2.75) is 38.6 Å². The molecule has 2 amide bonds. The van der Waals surface area contributed by atoms with Gasteiger partial charge in [-0.25, -0.2) is 0 Å². The van der Waals surface area contributed by atoms with E-state index in [1.165, 1.54) is 0 Å². The minimum Gasteiger partial charge on any atom is -0.368 e. The van der Waals surface area contributed by atoms with Crippen LogP contribution in [-0.2, 0) is 16.6 Å². The van der Waals surface area contributed by atoms with Gasteiger partial charge in [0.05, 0.1) is 0 Å². The maximum absolute atomic E-state index is 12.6. The van der Waals surface area contributed by atoms with E-state index in [2.05, 4.69) is 31.1 Å². The topological polar surface area (TPSA) is 88.0 Å². The number of carbonyl (C=O) groups excluding carboxylic acids is 2. The van der Waals surface area contributed by atoms with Crippen molar-refractivity contribution in [3.8, 4) is 0 Å². The summed E-state index contributed by atoms with van der Waals surface area (Å²) in [5.74, 6) is -0.862. The summed E-state index contributed by atoms with van der Waals surface area (Å²) in [5, 5.41) is 3.79. The average Bonchev–Trinajstić information content (AvgIpc) is 3.03. The summed E-state index contributed by atoms with van der Waals surface area (Å²) >= 11 is 0. The Morgan fingerprint density at radius 3 is 2.37 bits per heavy atom. The third-order valence-electron chi connectivity index (χ3n) is 4.76. The van der Waals surface area contributed by atoms with E-state index >= 15 is 0 Å². The van der Waals surface area contributed by atoms with E-state index in [0.29, 0.717) is 12.0 Å². The van der Waals surface area contributed by atoms with Crippen LogP contribution in [0, 0.1) is 0 Å². The van der Waals surface area contributed by atoms with E-state index in [9.17, 15) is 9.59 Å². The van der Waals surface area contributed by atoms with Crippen LogP contribution in [0.1, 0.15) is 42.3 Å². The lowest BCUT2D eigenvalue weighted by molar-refractivity contribution is -0.119. The van der Waals surface area contributed by atoms with Gasteiger partial charge in [-0.1, -0.05) is 51.1 Å². The van der Waals surface area contributed by atoms with Crippen LogP contribution in [0.3, 0.4) is 0 Å². The second-order valence-electron chi connectivity index (χ2n) is 7.82. The van der Waals surface area contributed by atoms with Crippen LogP contribution in [0.4, 0.5) is 0 Å². The molecule has 0 spiro atoms. The van der Waals surface area contributed by atoms with Crippen molar-refractivity contribution in [1.82, 2.24) is 10.3 Å². The predicted octanol–water partition coefficient (Wildman–Crippen LogP) is 3.29. The highest BCUT2D eigenvalue weighted by molar-refractivity contribution is 5.97. The summed E-state index contributed by atoms with van der Waals surface area (Å²) in [5.41, 5.74) is 9.13. The number of benzene rings is 2. The molecule has 0 saturated carbocycles. The van der Waals surface area contributed by atoms with Crippen LogP contribution in [-0.4, -0.2) is 22.8 Å². The second-order valence-corrected chi connectivity index (χ2v) is 7.82. The molecule has 0 aliphatic heterocycles. The van der Waals surface area contributed by atoms with Gasteiger partial charge in [0.25, 0.3) is 5.91 Å². The van der Waals surface area contributed by atoms with Crippen LogP contribution >= 0.6 is 0 Å². The van der Waals surface area contributed by atoms with Gasteiger partial charge < -0.3 is 16.0 Å². The molecule has 0 bridgehead atoms. The Bertz CT molecular complexity index is 965. The highest BCUT2D eigenvalue weighted by Gasteiger charge is 2.21. The van der Waals surface area contributed by atoms with Crippen molar-refractivity contribution in [2.24, 2.45) is 5.73 Å². The van der Waals surface area contributed by atoms with Gasteiger partial charge in [-0.2, -0.15) is 0 Å². The number of nitrogens with one attached hydrogen (secondary N) is 2. The number of nitrogens with two attached hydrogens (primary N) is 1. The zero-order valence-electron chi connectivity index (χ0n) is 15.9. The van der Waals surface area contributed by atoms with Crippen molar-refractivity contribution in [2.75, 3.05) is 0 Å². The molecule has 4 N–H and O–H groups in total. The second kappa shape index (κ2) is 7.27. The van der Waals surface area contributed by atoms with Crippen LogP contribution in [0.25, 0.3) is 10.9 Å². The SMILES string of the molecule is CC(C)(C)c1ccc(C(=O)N[C@H](Cc2c[nH]c3ccccc23)C(N)=O)cc1. The molecule has 0 fully saturated rings. The Morgan fingerprint density at radius 2 is 1.74 bits per heavy atom. The molecule has 5 heteroatoms. The Balaban J connectivity index is 1.76. The summed E-state index contributed by atoms with van der Waals surface area (Å²) < 4.78 is 0. The summed E-state index contributed by atoms with van der Waals surface area (Å²) in [6.45, 7) is 6.35. The maximum atomic E-state index is 12.6. The summed E-state index contributed by atoms with van der Waals surface area (Å²) in [6.07, 6.45) is 2.19. The van der Waals surface area contributed by atoms with E-state index in [4.69, 9.17) is 5.73 Å². The quantitative estimate of drug-likeness (QED) is 0.649. The summed E-state index contributed by atoms with van der Waals surface area (Å²) in [4.78, 5) is 27.7. The number of hydrogen-bond acceptors (Lipinski definition) is 2. The van der Waals surface area contributed by atoms with Crippen LogP contribution in [0.2, 0.25) is 0 Å². The van der Waals surface area contributed by atoms with Gasteiger partial charge in [-0.15, -0.1) is 0 Å². The molecule has 1 aromatic heterocycles. The molecular weight excluding hydrogens is 338 g/mol. The number of amides is 2. The number of H-pyrrole nitrogens is 1. The first-order valence-corrected chi connectivity index (χ1v) is 9.01. The molecule has 0 radical (unpaired) electrons. The lowest BCUT2D eigenvalue weighted by atomic mass is 9.86. The van der Waals surface area contributed by atoms with Gasteiger partial charge in [-0.05, 0) is 34.7 Å². The fourth-order valence-electron chi connectivity index (χ4n) is 3.11. The molecule has 5 nitrogen and oxygen atoms in total. The molecule has 27 heavy (non-hydrogen) atoms. The summed E-state index contributed by atoms with van der Waals surface area (Å²) in [7, 11) is 0. The standard InChI is InChI=1S/C22H25N3O2/c1-22(2,3)16-10-8-14(9-11-16)21(27)25-19(20(23)26)12-15-13-24-18-7-5-4-6-17(15)18/h4-11,13,19,24H,12H2,1-3H3,(H2,23,26)(H,25,27)/t19-/m1/s1. The molecule has 3 aromatic rings. The number of rotatable bonds is 5. The van der Waals surface area contributed by atoms with Crippen LogP contribution < -0.4 is 11.1 Å². The molecule has 1 atom stereocenters. The number of aromatic nitrogens is 1. The number of primary amides is 1. The third-order valence-corrected chi connectivity index (χ3v) is 4.76.